The summed E-state index contributed by atoms with van der Waals surface area (Å²) in [6.07, 6.45) is 1.92. The minimum Gasteiger partial charge on any atom is -0.481 e. The van der Waals surface area contributed by atoms with Crippen molar-refractivity contribution < 1.29 is 14.6 Å². The smallest absolute Gasteiger partial charge is 0.258 e. The van der Waals surface area contributed by atoms with Crippen LogP contribution in [-0.4, -0.2) is 83.4 Å². The number of aliphatic hydroxyl groups is 1. The first-order valence-corrected chi connectivity index (χ1v) is 11.5. The van der Waals surface area contributed by atoms with Gasteiger partial charge in [-0.1, -0.05) is 42.5 Å². The molecule has 0 radical (unpaired) electrons. The molecule has 1 aromatic heterocycles. The van der Waals surface area contributed by atoms with Gasteiger partial charge in [-0.2, -0.15) is 0 Å². The molecule has 2 N–H and O–H groups in total. The third-order valence-corrected chi connectivity index (χ3v) is 6.59. The van der Waals surface area contributed by atoms with E-state index in [0.717, 1.165) is 17.3 Å². The first kappa shape index (κ1) is 23.5. The predicted molar refractivity (Wildman–Crippen MR) is 142 cm³/mol. The maximum atomic E-state index is 12.4. The van der Waals surface area contributed by atoms with Crippen molar-refractivity contribution in [1.29, 1.82) is 0 Å². The van der Waals surface area contributed by atoms with Crippen LogP contribution in [0.5, 0.6) is 5.75 Å². The maximum absolute atomic E-state index is 12.4. The summed E-state index contributed by atoms with van der Waals surface area (Å²) < 4.78 is 5.70. The fourth-order valence-corrected chi connectivity index (χ4v) is 5.10. The summed E-state index contributed by atoms with van der Waals surface area (Å²) in [7, 11) is 8.82. The molecule has 10 heteroatoms. The minimum absolute atomic E-state index is 0.118. The molecule has 33 heavy (non-hydrogen) atoms. The second-order valence-corrected chi connectivity index (χ2v) is 9.89. The summed E-state index contributed by atoms with van der Waals surface area (Å²) in [6.45, 7) is 0.499. The summed E-state index contributed by atoms with van der Waals surface area (Å²) in [5.41, 5.74) is 3.37. The molecule has 2 heterocycles. The Morgan fingerprint density at radius 3 is 2.70 bits per heavy atom. The number of para-hydroxylation sites is 1. The molecular formula is C23H29B4N3O3. The normalized spacial score (nSPS) is 17.7. The third-order valence-electron chi connectivity index (χ3n) is 6.59. The number of hydrogen-bond donors (Lipinski definition) is 2. The summed E-state index contributed by atoms with van der Waals surface area (Å²) in [6, 6.07) is 18.0. The van der Waals surface area contributed by atoms with Crippen molar-refractivity contribution in [3.8, 4) is 5.75 Å². The van der Waals surface area contributed by atoms with Crippen LogP contribution in [0.25, 0.3) is 10.9 Å². The number of aliphatic hydroxyl groups excluding tert-OH is 1. The Bertz CT molecular complexity index is 1150. The predicted octanol–water partition coefficient (Wildman–Crippen LogP) is -2.05. The van der Waals surface area contributed by atoms with Crippen LogP contribution >= 0.6 is 0 Å². The van der Waals surface area contributed by atoms with E-state index in [4.69, 9.17) is 4.74 Å². The molecule has 0 saturated heterocycles. The number of hydrogen-bond acceptors (Lipinski definition) is 5. The van der Waals surface area contributed by atoms with Crippen molar-refractivity contribution in [2.24, 2.45) is 0 Å². The summed E-state index contributed by atoms with van der Waals surface area (Å²) >= 11 is 0. The van der Waals surface area contributed by atoms with E-state index in [1.807, 2.05) is 24.3 Å². The zero-order valence-corrected chi connectivity index (χ0v) is 19.8. The van der Waals surface area contributed by atoms with E-state index in [-0.39, 0.29) is 29.7 Å². The third kappa shape index (κ3) is 4.97. The molecule has 4 rings (SSSR count). The van der Waals surface area contributed by atoms with Crippen LogP contribution in [0.1, 0.15) is 11.1 Å². The number of carbonyl (C=O) groups excluding carboxylic acids is 1. The Hall–Kier alpha value is -2.70. The lowest BCUT2D eigenvalue weighted by Crippen LogP contribution is -2.67. The largest absolute Gasteiger partial charge is 0.481 e. The van der Waals surface area contributed by atoms with E-state index in [0.29, 0.717) is 12.3 Å². The van der Waals surface area contributed by atoms with Gasteiger partial charge in [-0.05, 0) is 40.4 Å². The number of pyridine rings is 1. The highest BCUT2D eigenvalue weighted by Crippen LogP contribution is 2.36. The molecule has 3 aromatic rings. The monoisotopic (exact) mass is 439 g/mol. The number of benzene rings is 2. The Labute approximate surface area is 198 Å². The van der Waals surface area contributed by atoms with Gasteiger partial charge in [-0.3, -0.25) is 9.78 Å². The highest BCUT2D eigenvalue weighted by molar-refractivity contribution is 6.44. The molecule has 166 valence electrons. The number of aromatic nitrogens is 1. The van der Waals surface area contributed by atoms with E-state index in [1.54, 1.807) is 12.3 Å². The number of β-amino-alcohol motifs (C(OH)–C–C–N with tert-alkyl or cyclic N) is 1. The lowest BCUT2D eigenvalue weighted by molar-refractivity contribution is -0.123. The van der Waals surface area contributed by atoms with Crippen LogP contribution in [0, 0.1) is 0 Å². The molecule has 0 unspecified atom stereocenters. The van der Waals surface area contributed by atoms with Crippen LogP contribution < -0.4 is 10.1 Å². The molecule has 0 aliphatic carbocycles. The van der Waals surface area contributed by atoms with Crippen LogP contribution in [0.3, 0.4) is 0 Å². The van der Waals surface area contributed by atoms with Crippen molar-refractivity contribution in [3.05, 3.63) is 71.9 Å². The van der Waals surface area contributed by atoms with Gasteiger partial charge in [0.25, 0.3) is 5.91 Å². The number of ether oxygens (including phenoxy) is 1. The maximum Gasteiger partial charge on any atom is 0.258 e. The standard InChI is InChI=1S/C23H29B4N3O3/c24-22(25)11-16-5-1-2-8-18(16)23(26,27)30(22)13-17(31)12-29-20(32)14-33-19-9-3-6-15-7-4-10-28-21(15)19/h1-10,17,31H,11-14,24-27H2,(H,29,32)/t17-/m1/s1. The van der Waals surface area contributed by atoms with Gasteiger partial charge < -0.3 is 20.1 Å². The van der Waals surface area contributed by atoms with Crippen molar-refractivity contribution in [2.45, 2.75) is 23.2 Å². The Morgan fingerprint density at radius 1 is 1.12 bits per heavy atom. The van der Waals surface area contributed by atoms with Gasteiger partial charge in [0.2, 0.25) is 0 Å². The summed E-state index contributed by atoms with van der Waals surface area (Å²) in [5, 5.41) is 14.2. The van der Waals surface area contributed by atoms with E-state index >= 15 is 0 Å². The van der Waals surface area contributed by atoms with Gasteiger partial charge in [0, 0.05) is 24.7 Å². The van der Waals surface area contributed by atoms with Gasteiger partial charge in [0.1, 0.15) is 42.7 Å². The number of nitrogens with zero attached hydrogens (tertiary/aromatic N) is 2. The van der Waals surface area contributed by atoms with Gasteiger partial charge in [-0.15, -0.1) is 0 Å². The fraction of sp³-hybridized carbons (Fsp3) is 0.304. The van der Waals surface area contributed by atoms with Gasteiger partial charge >= 0.3 is 0 Å². The topological polar surface area (TPSA) is 74.7 Å². The quantitative estimate of drug-likeness (QED) is 0.415. The van der Waals surface area contributed by atoms with Crippen LogP contribution in [0.2, 0.25) is 0 Å². The Kier molecular flexibility index (Phi) is 6.59. The van der Waals surface area contributed by atoms with Crippen molar-refractivity contribution in [2.75, 3.05) is 19.7 Å². The zero-order valence-electron chi connectivity index (χ0n) is 19.8. The highest BCUT2D eigenvalue weighted by atomic mass is 16.5. The lowest BCUT2D eigenvalue weighted by atomic mass is 9.45. The highest BCUT2D eigenvalue weighted by Gasteiger charge is 2.44. The van der Waals surface area contributed by atoms with Gasteiger partial charge in [0.05, 0.1) is 6.10 Å². The summed E-state index contributed by atoms with van der Waals surface area (Å²) in [5.74, 6) is 0.295. The average Bonchev–Trinajstić information content (AvgIpc) is 2.79. The molecule has 0 spiro atoms. The lowest BCUT2D eigenvalue weighted by Gasteiger charge is -2.55. The number of fused-ring (bicyclic) bond motifs is 2. The first-order valence-electron chi connectivity index (χ1n) is 11.5. The zero-order chi connectivity index (χ0) is 23.6. The second kappa shape index (κ2) is 9.27. The van der Waals surface area contributed by atoms with E-state index in [1.165, 1.54) is 11.1 Å². The molecule has 1 aliphatic heterocycles. The SMILES string of the molecule is BC1(B)Cc2ccccc2C(B)(B)N1C[C@H](O)CNC(=O)COc1cccc2cccnc12. The summed E-state index contributed by atoms with van der Waals surface area (Å²) in [4.78, 5) is 19.1. The fourth-order valence-electron chi connectivity index (χ4n) is 5.10. The minimum atomic E-state index is -0.697. The average molecular weight is 439 g/mol. The van der Waals surface area contributed by atoms with Crippen LogP contribution in [-0.2, 0) is 16.6 Å². The molecule has 0 fully saturated rings. The van der Waals surface area contributed by atoms with Crippen molar-refractivity contribution >= 4 is 48.2 Å². The molecule has 6 nitrogen and oxygen atoms in total. The van der Waals surface area contributed by atoms with E-state index < -0.39 is 6.10 Å². The van der Waals surface area contributed by atoms with E-state index in [9.17, 15) is 9.90 Å². The molecule has 1 atom stereocenters. The number of amides is 1. The van der Waals surface area contributed by atoms with Crippen molar-refractivity contribution in [1.82, 2.24) is 15.2 Å². The molecule has 2 aromatic carbocycles. The number of carbonyl (C=O) groups is 1. The number of nitrogens with one attached hydrogen (secondary N) is 1. The second-order valence-electron chi connectivity index (χ2n) is 9.89. The molecule has 0 bridgehead atoms. The molecular weight excluding hydrogens is 410 g/mol. The molecule has 1 aliphatic rings. The van der Waals surface area contributed by atoms with Crippen LogP contribution in [0.4, 0.5) is 0 Å². The van der Waals surface area contributed by atoms with E-state index in [2.05, 4.69) is 70.9 Å². The number of rotatable bonds is 7. The Balaban J connectivity index is 1.34. The molecule has 0 saturated carbocycles. The van der Waals surface area contributed by atoms with Gasteiger partial charge in [0.15, 0.2) is 6.61 Å². The Morgan fingerprint density at radius 2 is 1.88 bits per heavy atom. The van der Waals surface area contributed by atoms with Crippen LogP contribution in [0.15, 0.2) is 60.8 Å². The van der Waals surface area contributed by atoms with Crippen molar-refractivity contribution in [3.63, 3.8) is 0 Å². The first-order chi connectivity index (χ1) is 15.7. The van der Waals surface area contributed by atoms with Gasteiger partial charge in [-0.25, -0.2) is 0 Å². The molecule has 1 amide bonds.